The zero-order chi connectivity index (χ0) is 7.33. The summed E-state index contributed by atoms with van der Waals surface area (Å²) >= 11 is 0. The van der Waals surface area contributed by atoms with Gasteiger partial charge in [-0.3, -0.25) is 5.09 Å². The molecule has 0 bridgehead atoms. The Kier molecular flexibility index (Phi) is 4.19. The summed E-state index contributed by atoms with van der Waals surface area (Å²) in [6, 6.07) is 0. The molecule has 5 heteroatoms. The zero-order valence-electron chi connectivity index (χ0n) is 4.90. The third kappa shape index (κ3) is 4.70. The van der Waals surface area contributed by atoms with Crippen LogP contribution in [0.25, 0.3) is 0 Å². The lowest BCUT2D eigenvalue weighted by atomic mass is 10.2. The Bertz CT molecular complexity index is 73.0. The van der Waals surface area contributed by atoms with Crippen molar-refractivity contribution in [3.8, 4) is 0 Å². The van der Waals surface area contributed by atoms with Crippen molar-refractivity contribution in [3.05, 3.63) is 0 Å². The molecule has 0 saturated heterocycles. The van der Waals surface area contributed by atoms with Gasteiger partial charge in [-0.15, -0.1) is 0 Å². The van der Waals surface area contributed by atoms with E-state index in [9.17, 15) is 8.78 Å². The van der Waals surface area contributed by atoms with Crippen LogP contribution in [-0.4, -0.2) is 24.2 Å². The van der Waals surface area contributed by atoms with Crippen molar-refractivity contribution < 1.29 is 13.9 Å². The predicted octanol–water partition coefficient (Wildman–Crippen LogP) is 0.384. The lowest BCUT2D eigenvalue weighted by Crippen LogP contribution is -2.28. The average Bonchev–Trinajstić information content (AvgIpc) is 1.64. The first kappa shape index (κ1) is 9.21. The molecule has 2 nitrogen and oxygen atoms in total. The Morgan fingerprint density at radius 3 is 2.44 bits per heavy atom. The molecule has 0 radical (unpaired) electrons. The van der Waals surface area contributed by atoms with E-state index in [0.29, 0.717) is 0 Å². The molecule has 0 aliphatic carbocycles. The van der Waals surface area contributed by atoms with Crippen LogP contribution in [0.4, 0.5) is 8.78 Å². The smallest absolute Gasteiger partial charge is 0.262 e. The molecule has 56 valence electrons. The Hall–Kier alpha value is 0.210. The highest BCUT2D eigenvalue weighted by Crippen LogP contribution is 2.16. The topological polar surface area (TPSA) is 32.3 Å². The highest BCUT2D eigenvalue weighted by molar-refractivity contribution is 7.13. The van der Waals surface area contributed by atoms with Gasteiger partial charge in [-0.25, -0.2) is 8.78 Å². The standard InChI is InChI=1S/C4H10F2NOP/c5-4(6,1-2-8)3-7-9/h7-8H,1-3,9H2. The summed E-state index contributed by atoms with van der Waals surface area (Å²) in [5.41, 5.74) is 0. The second-order valence-corrected chi connectivity index (χ2v) is 2.12. The molecular weight excluding hydrogens is 147 g/mol. The molecule has 0 aromatic carbocycles. The summed E-state index contributed by atoms with van der Waals surface area (Å²) in [6.07, 6.45) is -0.478. The minimum Gasteiger partial charge on any atom is -0.396 e. The fourth-order valence-electron chi connectivity index (χ4n) is 0.401. The summed E-state index contributed by atoms with van der Waals surface area (Å²) in [6.45, 7) is -0.877. The van der Waals surface area contributed by atoms with Crippen LogP contribution in [0, 0.1) is 0 Å². The Morgan fingerprint density at radius 1 is 1.56 bits per heavy atom. The van der Waals surface area contributed by atoms with Crippen molar-refractivity contribution in [2.45, 2.75) is 12.3 Å². The molecule has 0 rings (SSSR count). The minimum absolute atomic E-state index is 0.405. The molecule has 0 saturated carbocycles. The van der Waals surface area contributed by atoms with Gasteiger partial charge in [0.25, 0.3) is 5.92 Å². The quantitative estimate of drug-likeness (QED) is 0.578. The molecule has 1 unspecified atom stereocenters. The van der Waals surface area contributed by atoms with Gasteiger partial charge in [0.05, 0.1) is 6.54 Å². The molecule has 0 aromatic rings. The molecular formula is C4H10F2NOP. The van der Waals surface area contributed by atoms with Crippen molar-refractivity contribution in [1.29, 1.82) is 0 Å². The van der Waals surface area contributed by atoms with Gasteiger partial charge in [-0.1, -0.05) is 9.39 Å². The summed E-state index contributed by atoms with van der Waals surface area (Å²) in [5.74, 6) is -2.78. The molecule has 0 amide bonds. The number of nitrogens with one attached hydrogen (secondary N) is 1. The van der Waals surface area contributed by atoms with Gasteiger partial charge < -0.3 is 5.11 Å². The van der Waals surface area contributed by atoms with Crippen molar-refractivity contribution in [2.24, 2.45) is 0 Å². The van der Waals surface area contributed by atoms with Gasteiger partial charge in [0.1, 0.15) is 0 Å². The SMILES string of the molecule is OCCC(F)(F)CNP. The van der Waals surface area contributed by atoms with E-state index >= 15 is 0 Å². The average molecular weight is 157 g/mol. The van der Waals surface area contributed by atoms with Crippen LogP contribution in [-0.2, 0) is 0 Å². The number of hydrogen-bond donors (Lipinski definition) is 2. The summed E-state index contributed by atoms with van der Waals surface area (Å²) in [4.78, 5) is 0. The third-order valence-corrected chi connectivity index (χ3v) is 1.04. The maximum absolute atomic E-state index is 12.2. The number of aliphatic hydroxyl groups excluding tert-OH is 1. The third-order valence-electron chi connectivity index (χ3n) is 0.838. The van der Waals surface area contributed by atoms with E-state index in [1.165, 1.54) is 0 Å². The summed E-state index contributed by atoms with van der Waals surface area (Å²) in [7, 11) is 1.98. The van der Waals surface area contributed by atoms with Gasteiger partial charge in [0.2, 0.25) is 0 Å². The second kappa shape index (κ2) is 4.09. The Morgan fingerprint density at radius 2 is 2.11 bits per heavy atom. The van der Waals surface area contributed by atoms with Crippen LogP contribution in [0.3, 0.4) is 0 Å². The van der Waals surface area contributed by atoms with Crippen LogP contribution in [0.15, 0.2) is 0 Å². The Balaban J connectivity index is 3.43. The van der Waals surface area contributed by atoms with Gasteiger partial charge in [0, 0.05) is 13.0 Å². The fourth-order valence-corrected chi connectivity index (χ4v) is 0.700. The zero-order valence-corrected chi connectivity index (χ0v) is 6.06. The van der Waals surface area contributed by atoms with E-state index < -0.39 is 25.5 Å². The summed E-state index contributed by atoms with van der Waals surface area (Å²) < 4.78 is 24.4. The van der Waals surface area contributed by atoms with E-state index in [1.54, 1.807) is 0 Å². The normalized spacial score (nSPS) is 12.0. The van der Waals surface area contributed by atoms with Crippen molar-refractivity contribution in [2.75, 3.05) is 13.2 Å². The number of aliphatic hydroxyl groups is 1. The highest BCUT2D eigenvalue weighted by atomic mass is 31.0. The maximum atomic E-state index is 12.2. The first-order valence-corrected chi connectivity index (χ1v) is 3.12. The minimum atomic E-state index is -2.78. The van der Waals surface area contributed by atoms with Crippen LogP contribution in [0.2, 0.25) is 0 Å². The van der Waals surface area contributed by atoms with Crippen molar-refractivity contribution in [1.82, 2.24) is 5.09 Å². The molecule has 0 fully saturated rings. The number of rotatable bonds is 4. The van der Waals surface area contributed by atoms with E-state index in [2.05, 4.69) is 5.09 Å². The molecule has 9 heavy (non-hydrogen) atoms. The molecule has 0 heterocycles. The molecule has 1 atom stereocenters. The van der Waals surface area contributed by atoms with Crippen molar-refractivity contribution in [3.63, 3.8) is 0 Å². The Labute approximate surface area is 54.9 Å². The highest BCUT2D eigenvalue weighted by Gasteiger charge is 2.26. The van der Waals surface area contributed by atoms with Gasteiger partial charge in [-0.05, 0) is 0 Å². The van der Waals surface area contributed by atoms with E-state index in [0.717, 1.165) is 0 Å². The van der Waals surface area contributed by atoms with Crippen LogP contribution in [0.5, 0.6) is 0 Å². The molecule has 0 aromatic heterocycles. The summed E-state index contributed by atoms with van der Waals surface area (Å²) in [5, 5.41) is 10.4. The first-order chi connectivity index (χ1) is 4.12. The lowest BCUT2D eigenvalue weighted by molar-refractivity contribution is -0.0147. The van der Waals surface area contributed by atoms with Crippen LogP contribution >= 0.6 is 9.39 Å². The van der Waals surface area contributed by atoms with E-state index in [-0.39, 0.29) is 0 Å². The fraction of sp³-hybridized carbons (Fsp3) is 1.00. The van der Waals surface area contributed by atoms with Gasteiger partial charge in [-0.2, -0.15) is 0 Å². The van der Waals surface area contributed by atoms with Crippen LogP contribution < -0.4 is 5.09 Å². The largest absolute Gasteiger partial charge is 0.396 e. The van der Waals surface area contributed by atoms with Gasteiger partial charge >= 0.3 is 0 Å². The van der Waals surface area contributed by atoms with E-state index in [1.807, 2.05) is 9.39 Å². The first-order valence-electron chi connectivity index (χ1n) is 2.54. The number of hydrogen-bond acceptors (Lipinski definition) is 2. The molecule has 0 spiro atoms. The van der Waals surface area contributed by atoms with Crippen molar-refractivity contribution >= 4 is 9.39 Å². The molecule has 0 aliphatic heterocycles. The lowest BCUT2D eigenvalue weighted by Gasteiger charge is -2.12. The second-order valence-electron chi connectivity index (χ2n) is 1.71. The monoisotopic (exact) mass is 157 g/mol. The predicted molar refractivity (Wildman–Crippen MR) is 34.4 cm³/mol. The van der Waals surface area contributed by atoms with Gasteiger partial charge in [0.15, 0.2) is 0 Å². The van der Waals surface area contributed by atoms with E-state index in [4.69, 9.17) is 5.11 Å². The molecule has 0 aliphatic rings. The number of alkyl halides is 2. The van der Waals surface area contributed by atoms with Crippen LogP contribution in [0.1, 0.15) is 6.42 Å². The number of halogens is 2. The maximum Gasteiger partial charge on any atom is 0.262 e. The molecule has 2 N–H and O–H groups in total.